The number of carbonyl (C=O) groups excluding carboxylic acids is 1. The zero-order valence-corrected chi connectivity index (χ0v) is 14.9. The van der Waals surface area contributed by atoms with Gasteiger partial charge in [-0.25, -0.2) is 4.79 Å². The molecule has 2 amide bonds. The van der Waals surface area contributed by atoms with Gasteiger partial charge in [0, 0.05) is 30.4 Å². The number of piperidine rings is 1. The standard InChI is InChI=1S/C20H23ClN2O2/c21-18-7-4-8-19(13-18)22-20(24)23-11-9-17(10-12-23)15-25-14-16-5-2-1-3-6-16/h1-8,13,17H,9-12,14-15H2,(H,22,24). The van der Waals surface area contributed by atoms with E-state index < -0.39 is 0 Å². The van der Waals surface area contributed by atoms with Gasteiger partial charge in [-0.15, -0.1) is 0 Å². The van der Waals surface area contributed by atoms with Crippen molar-refractivity contribution in [2.45, 2.75) is 19.4 Å². The fraction of sp³-hybridized carbons (Fsp3) is 0.350. The molecule has 0 bridgehead atoms. The number of ether oxygens (including phenoxy) is 1. The first kappa shape index (κ1) is 17.8. The van der Waals surface area contributed by atoms with Crippen LogP contribution in [0, 0.1) is 5.92 Å². The van der Waals surface area contributed by atoms with Gasteiger partial charge in [0.2, 0.25) is 0 Å². The van der Waals surface area contributed by atoms with Crippen LogP contribution in [-0.2, 0) is 11.3 Å². The molecule has 3 rings (SSSR count). The van der Waals surface area contributed by atoms with Gasteiger partial charge in [-0.1, -0.05) is 48.0 Å². The lowest BCUT2D eigenvalue weighted by Gasteiger charge is -2.31. The van der Waals surface area contributed by atoms with Crippen LogP contribution in [0.4, 0.5) is 10.5 Å². The molecular weight excluding hydrogens is 336 g/mol. The summed E-state index contributed by atoms with van der Waals surface area (Å²) in [6.07, 6.45) is 1.94. The van der Waals surface area contributed by atoms with Gasteiger partial charge in [-0.05, 0) is 42.5 Å². The first-order valence-corrected chi connectivity index (χ1v) is 9.01. The van der Waals surface area contributed by atoms with Gasteiger partial charge in [-0.3, -0.25) is 0 Å². The number of halogens is 1. The van der Waals surface area contributed by atoms with Crippen LogP contribution in [0.25, 0.3) is 0 Å². The molecule has 0 unspecified atom stereocenters. The molecule has 5 heteroatoms. The molecule has 0 radical (unpaired) electrons. The van der Waals surface area contributed by atoms with Crippen molar-refractivity contribution in [1.29, 1.82) is 0 Å². The van der Waals surface area contributed by atoms with Gasteiger partial charge in [-0.2, -0.15) is 0 Å². The second kappa shape index (κ2) is 8.88. The summed E-state index contributed by atoms with van der Waals surface area (Å²) in [5, 5.41) is 3.52. The fourth-order valence-corrected chi connectivity index (χ4v) is 3.18. The number of anilines is 1. The lowest BCUT2D eigenvalue weighted by molar-refractivity contribution is 0.0640. The Hall–Kier alpha value is -2.04. The molecule has 1 aliphatic heterocycles. The Morgan fingerprint density at radius 3 is 2.60 bits per heavy atom. The number of rotatable bonds is 5. The number of hydrogen-bond acceptors (Lipinski definition) is 2. The Morgan fingerprint density at radius 2 is 1.88 bits per heavy atom. The molecule has 2 aromatic carbocycles. The largest absolute Gasteiger partial charge is 0.376 e. The summed E-state index contributed by atoms with van der Waals surface area (Å²) in [6, 6.07) is 17.3. The number of benzene rings is 2. The first-order chi connectivity index (χ1) is 12.2. The van der Waals surface area contributed by atoms with E-state index in [1.54, 1.807) is 12.1 Å². The maximum atomic E-state index is 12.3. The quantitative estimate of drug-likeness (QED) is 0.834. The smallest absolute Gasteiger partial charge is 0.321 e. The number of nitrogens with one attached hydrogen (secondary N) is 1. The van der Waals surface area contributed by atoms with E-state index in [0.29, 0.717) is 17.5 Å². The third-order valence-corrected chi connectivity index (χ3v) is 4.68. The summed E-state index contributed by atoms with van der Waals surface area (Å²) in [4.78, 5) is 14.2. The van der Waals surface area contributed by atoms with Crippen molar-refractivity contribution in [1.82, 2.24) is 4.90 Å². The Kier molecular flexibility index (Phi) is 6.31. The van der Waals surface area contributed by atoms with Crippen LogP contribution in [0.3, 0.4) is 0 Å². The van der Waals surface area contributed by atoms with Crippen molar-refractivity contribution >= 4 is 23.3 Å². The van der Waals surface area contributed by atoms with E-state index in [1.165, 1.54) is 5.56 Å². The molecule has 2 aromatic rings. The Morgan fingerprint density at radius 1 is 1.12 bits per heavy atom. The van der Waals surface area contributed by atoms with Crippen molar-refractivity contribution < 1.29 is 9.53 Å². The lowest BCUT2D eigenvalue weighted by atomic mass is 9.98. The van der Waals surface area contributed by atoms with Crippen LogP contribution in [-0.4, -0.2) is 30.6 Å². The van der Waals surface area contributed by atoms with Crippen molar-refractivity contribution in [2.75, 3.05) is 25.0 Å². The van der Waals surface area contributed by atoms with E-state index in [9.17, 15) is 4.79 Å². The maximum absolute atomic E-state index is 12.3. The van der Waals surface area contributed by atoms with E-state index in [1.807, 2.05) is 35.2 Å². The van der Waals surface area contributed by atoms with Gasteiger partial charge in [0.05, 0.1) is 6.61 Å². The molecule has 0 spiro atoms. The Bertz CT molecular complexity index is 685. The summed E-state index contributed by atoms with van der Waals surface area (Å²) in [5.41, 5.74) is 1.92. The van der Waals surface area contributed by atoms with Crippen LogP contribution in [0.1, 0.15) is 18.4 Å². The molecule has 25 heavy (non-hydrogen) atoms. The normalized spacial score (nSPS) is 15.2. The maximum Gasteiger partial charge on any atom is 0.321 e. The number of carbonyl (C=O) groups is 1. The highest BCUT2D eigenvalue weighted by molar-refractivity contribution is 6.30. The molecule has 0 atom stereocenters. The van der Waals surface area contributed by atoms with Crippen molar-refractivity contribution in [3.05, 3.63) is 65.2 Å². The molecule has 4 nitrogen and oxygen atoms in total. The number of amides is 2. The zero-order chi connectivity index (χ0) is 17.5. The molecular formula is C20H23ClN2O2. The van der Waals surface area contributed by atoms with E-state index >= 15 is 0 Å². The van der Waals surface area contributed by atoms with Crippen LogP contribution in [0.15, 0.2) is 54.6 Å². The predicted octanol–water partition coefficient (Wildman–Crippen LogP) is 4.80. The topological polar surface area (TPSA) is 41.6 Å². The van der Waals surface area contributed by atoms with Crippen LogP contribution in [0.5, 0.6) is 0 Å². The summed E-state index contributed by atoms with van der Waals surface area (Å²) in [6.45, 7) is 2.91. The number of likely N-dealkylation sites (tertiary alicyclic amines) is 1. The van der Waals surface area contributed by atoms with E-state index in [2.05, 4.69) is 17.4 Å². The van der Waals surface area contributed by atoms with E-state index in [-0.39, 0.29) is 6.03 Å². The van der Waals surface area contributed by atoms with Crippen molar-refractivity contribution in [3.8, 4) is 0 Å². The highest BCUT2D eigenvalue weighted by Gasteiger charge is 2.23. The van der Waals surface area contributed by atoms with Crippen molar-refractivity contribution in [2.24, 2.45) is 5.92 Å². The number of nitrogens with zero attached hydrogens (tertiary/aromatic N) is 1. The third kappa shape index (κ3) is 5.48. The summed E-state index contributed by atoms with van der Waals surface area (Å²) < 4.78 is 5.83. The molecule has 1 heterocycles. The summed E-state index contributed by atoms with van der Waals surface area (Å²) in [5.74, 6) is 0.513. The van der Waals surface area contributed by atoms with Crippen LogP contribution in [0.2, 0.25) is 5.02 Å². The van der Waals surface area contributed by atoms with E-state index in [4.69, 9.17) is 16.3 Å². The number of urea groups is 1. The minimum absolute atomic E-state index is 0.0640. The predicted molar refractivity (Wildman–Crippen MR) is 101 cm³/mol. The van der Waals surface area contributed by atoms with Gasteiger partial charge >= 0.3 is 6.03 Å². The Balaban J connectivity index is 1.38. The summed E-state index contributed by atoms with van der Waals surface area (Å²) >= 11 is 5.95. The van der Waals surface area contributed by atoms with Gasteiger partial charge in [0.15, 0.2) is 0 Å². The zero-order valence-electron chi connectivity index (χ0n) is 14.2. The van der Waals surface area contributed by atoms with Gasteiger partial charge < -0.3 is 15.0 Å². The minimum atomic E-state index is -0.0640. The molecule has 1 fully saturated rings. The fourth-order valence-electron chi connectivity index (χ4n) is 2.99. The third-order valence-electron chi connectivity index (χ3n) is 4.44. The molecule has 1 saturated heterocycles. The first-order valence-electron chi connectivity index (χ1n) is 8.64. The summed E-state index contributed by atoms with van der Waals surface area (Å²) in [7, 11) is 0. The molecule has 0 saturated carbocycles. The molecule has 1 aliphatic rings. The van der Waals surface area contributed by atoms with Gasteiger partial charge in [0.25, 0.3) is 0 Å². The molecule has 132 valence electrons. The van der Waals surface area contributed by atoms with Crippen molar-refractivity contribution in [3.63, 3.8) is 0 Å². The highest BCUT2D eigenvalue weighted by atomic mass is 35.5. The second-order valence-electron chi connectivity index (χ2n) is 6.37. The monoisotopic (exact) mass is 358 g/mol. The number of hydrogen-bond donors (Lipinski definition) is 1. The van der Waals surface area contributed by atoms with Crippen LogP contribution < -0.4 is 5.32 Å². The molecule has 0 aromatic heterocycles. The van der Waals surface area contributed by atoms with E-state index in [0.717, 1.165) is 38.2 Å². The average molecular weight is 359 g/mol. The second-order valence-corrected chi connectivity index (χ2v) is 6.81. The highest BCUT2D eigenvalue weighted by Crippen LogP contribution is 2.20. The average Bonchev–Trinajstić information content (AvgIpc) is 2.63. The molecule has 1 N–H and O–H groups in total. The minimum Gasteiger partial charge on any atom is -0.376 e. The van der Waals surface area contributed by atoms with Crippen LogP contribution >= 0.6 is 11.6 Å². The SMILES string of the molecule is O=C(Nc1cccc(Cl)c1)N1CCC(COCc2ccccc2)CC1. The molecule has 0 aliphatic carbocycles. The van der Waals surface area contributed by atoms with Gasteiger partial charge in [0.1, 0.15) is 0 Å². The lowest BCUT2D eigenvalue weighted by Crippen LogP contribution is -2.41. The Labute approximate surface area is 153 Å².